The molecule has 3 amide bonds. The number of rotatable bonds is 6. The first kappa shape index (κ1) is 16.9. The Morgan fingerprint density at radius 2 is 2.00 bits per heavy atom. The summed E-state index contributed by atoms with van der Waals surface area (Å²) in [6, 6.07) is 5.24. The van der Waals surface area contributed by atoms with Crippen molar-refractivity contribution in [3.8, 4) is 5.82 Å². The molecule has 0 atom stereocenters. The molecule has 0 bridgehead atoms. The zero-order chi connectivity index (χ0) is 17.5. The molecular formula is C17H22N6O2. The number of nitrogens with one attached hydrogen (secondary N) is 2. The monoisotopic (exact) mass is 342 g/mol. The Hall–Kier alpha value is -2.90. The van der Waals surface area contributed by atoms with Gasteiger partial charge < -0.3 is 15.5 Å². The van der Waals surface area contributed by atoms with Gasteiger partial charge in [-0.1, -0.05) is 0 Å². The van der Waals surface area contributed by atoms with Crippen LogP contribution in [0.5, 0.6) is 0 Å². The maximum Gasteiger partial charge on any atom is 0.315 e. The summed E-state index contributed by atoms with van der Waals surface area (Å²) < 4.78 is 1.66. The van der Waals surface area contributed by atoms with E-state index >= 15 is 0 Å². The molecule has 0 unspecified atom stereocenters. The summed E-state index contributed by atoms with van der Waals surface area (Å²) in [5.41, 5.74) is 0.920. The Morgan fingerprint density at radius 3 is 2.76 bits per heavy atom. The van der Waals surface area contributed by atoms with E-state index in [-0.39, 0.29) is 11.9 Å². The van der Waals surface area contributed by atoms with Crippen molar-refractivity contribution >= 4 is 11.9 Å². The van der Waals surface area contributed by atoms with Gasteiger partial charge in [0.05, 0.1) is 0 Å². The molecule has 25 heavy (non-hydrogen) atoms. The molecule has 0 spiro atoms. The summed E-state index contributed by atoms with van der Waals surface area (Å²) in [5.74, 6) is 0.803. The minimum absolute atomic E-state index is 0.107. The zero-order valence-electron chi connectivity index (χ0n) is 14.0. The van der Waals surface area contributed by atoms with Crippen LogP contribution in [0.4, 0.5) is 4.79 Å². The van der Waals surface area contributed by atoms with E-state index in [0.717, 1.165) is 31.5 Å². The molecule has 1 saturated heterocycles. The Morgan fingerprint density at radius 1 is 1.16 bits per heavy atom. The average Bonchev–Trinajstić information content (AvgIpc) is 3.33. The Kier molecular flexibility index (Phi) is 5.61. The fourth-order valence-electron chi connectivity index (χ4n) is 2.75. The first-order valence-corrected chi connectivity index (χ1v) is 8.47. The van der Waals surface area contributed by atoms with Gasteiger partial charge in [-0.25, -0.2) is 14.5 Å². The molecule has 1 aliphatic heterocycles. The number of aromatic nitrogens is 3. The number of likely N-dealkylation sites (tertiary alicyclic amines) is 1. The average molecular weight is 342 g/mol. The van der Waals surface area contributed by atoms with Gasteiger partial charge in [0, 0.05) is 51.2 Å². The minimum atomic E-state index is -0.285. The maximum atomic E-state index is 11.9. The van der Waals surface area contributed by atoms with Crippen LogP contribution in [0.15, 0.2) is 36.8 Å². The van der Waals surface area contributed by atoms with Gasteiger partial charge in [-0.2, -0.15) is 5.10 Å². The van der Waals surface area contributed by atoms with Gasteiger partial charge in [0.25, 0.3) is 0 Å². The van der Waals surface area contributed by atoms with Crippen LogP contribution in [-0.4, -0.2) is 51.2 Å². The summed E-state index contributed by atoms with van der Waals surface area (Å²) in [5, 5.41) is 9.63. The van der Waals surface area contributed by atoms with Crippen LogP contribution in [0.1, 0.15) is 24.8 Å². The molecule has 1 aliphatic rings. The van der Waals surface area contributed by atoms with E-state index in [0.29, 0.717) is 25.3 Å². The molecule has 1 fully saturated rings. The van der Waals surface area contributed by atoms with Crippen molar-refractivity contribution in [1.29, 1.82) is 0 Å². The molecule has 2 aromatic heterocycles. The lowest BCUT2D eigenvalue weighted by Crippen LogP contribution is -2.38. The van der Waals surface area contributed by atoms with Crippen LogP contribution >= 0.6 is 0 Å². The van der Waals surface area contributed by atoms with E-state index in [2.05, 4.69) is 20.7 Å². The first-order valence-electron chi connectivity index (χ1n) is 8.47. The third-order valence-corrected chi connectivity index (χ3v) is 4.09. The Balaban J connectivity index is 1.40. The normalized spacial score (nSPS) is 13.7. The van der Waals surface area contributed by atoms with Gasteiger partial charge in [0.2, 0.25) is 5.91 Å². The molecule has 8 heteroatoms. The van der Waals surface area contributed by atoms with Gasteiger partial charge in [0.1, 0.15) is 0 Å². The summed E-state index contributed by atoms with van der Waals surface area (Å²) in [6.07, 6.45) is 7.66. The molecule has 0 saturated carbocycles. The topological polar surface area (TPSA) is 92.2 Å². The van der Waals surface area contributed by atoms with E-state index in [1.165, 1.54) is 0 Å². The van der Waals surface area contributed by atoms with Crippen LogP contribution in [0.2, 0.25) is 0 Å². The molecule has 132 valence electrons. The van der Waals surface area contributed by atoms with Crippen LogP contribution in [0.3, 0.4) is 0 Å². The van der Waals surface area contributed by atoms with Crippen LogP contribution in [-0.2, 0) is 11.3 Å². The van der Waals surface area contributed by atoms with Crippen molar-refractivity contribution in [3.05, 3.63) is 42.4 Å². The summed E-state index contributed by atoms with van der Waals surface area (Å²) in [4.78, 5) is 29.8. The standard InChI is InChI=1S/C17H22N6O2/c24-16(22-9-1-2-10-22)5-8-19-17(25)20-13-14-4-7-18-15(12-14)23-11-3-6-21-23/h3-4,6-7,11-12H,1-2,5,8-10,13H2,(H2,19,20,25). The van der Waals surface area contributed by atoms with E-state index in [1.807, 2.05) is 29.3 Å². The van der Waals surface area contributed by atoms with Gasteiger partial charge >= 0.3 is 6.03 Å². The molecule has 0 radical (unpaired) electrons. The lowest BCUT2D eigenvalue weighted by atomic mass is 10.2. The van der Waals surface area contributed by atoms with Crippen molar-refractivity contribution in [2.75, 3.05) is 19.6 Å². The van der Waals surface area contributed by atoms with Gasteiger partial charge in [-0.3, -0.25) is 4.79 Å². The highest BCUT2D eigenvalue weighted by atomic mass is 16.2. The number of carbonyl (C=O) groups excluding carboxylic acids is 2. The lowest BCUT2D eigenvalue weighted by molar-refractivity contribution is -0.129. The highest BCUT2D eigenvalue weighted by Crippen LogP contribution is 2.08. The quantitative estimate of drug-likeness (QED) is 0.822. The smallest absolute Gasteiger partial charge is 0.315 e. The maximum absolute atomic E-state index is 11.9. The predicted molar refractivity (Wildman–Crippen MR) is 92.0 cm³/mol. The Bertz CT molecular complexity index is 710. The third kappa shape index (κ3) is 4.79. The molecule has 2 N–H and O–H groups in total. The van der Waals surface area contributed by atoms with Crippen molar-refractivity contribution in [2.45, 2.75) is 25.8 Å². The predicted octanol–water partition coefficient (Wildman–Crippen LogP) is 1.08. The Labute approximate surface area is 146 Å². The SMILES string of the molecule is O=C(NCCC(=O)N1CCCC1)NCc1ccnc(-n2cccn2)c1. The number of amides is 3. The summed E-state index contributed by atoms with van der Waals surface area (Å²) in [7, 11) is 0. The third-order valence-electron chi connectivity index (χ3n) is 4.09. The highest BCUT2D eigenvalue weighted by Gasteiger charge is 2.17. The number of pyridine rings is 1. The van der Waals surface area contributed by atoms with Crippen molar-refractivity contribution in [3.63, 3.8) is 0 Å². The fourth-order valence-corrected chi connectivity index (χ4v) is 2.75. The number of hydrogen-bond acceptors (Lipinski definition) is 4. The van der Waals surface area contributed by atoms with Gasteiger partial charge in [-0.05, 0) is 36.6 Å². The molecule has 2 aromatic rings. The van der Waals surface area contributed by atoms with Gasteiger partial charge in [0.15, 0.2) is 5.82 Å². The summed E-state index contributed by atoms with van der Waals surface area (Å²) >= 11 is 0. The van der Waals surface area contributed by atoms with Crippen LogP contribution in [0, 0.1) is 0 Å². The van der Waals surface area contributed by atoms with Crippen molar-refractivity contribution in [2.24, 2.45) is 0 Å². The van der Waals surface area contributed by atoms with Crippen LogP contribution in [0.25, 0.3) is 5.82 Å². The molecular weight excluding hydrogens is 320 g/mol. The first-order chi connectivity index (χ1) is 12.2. The number of nitrogens with zero attached hydrogens (tertiary/aromatic N) is 4. The molecule has 3 heterocycles. The second kappa shape index (κ2) is 8.27. The van der Waals surface area contributed by atoms with Crippen LogP contribution < -0.4 is 10.6 Å². The molecule has 3 rings (SSSR count). The number of hydrogen-bond donors (Lipinski definition) is 2. The largest absolute Gasteiger partial charge is 0.343 e. The van der Waals surface area contributed by atoms with Gasteiger partial charge in [-0.15, -0.1) is 0 Å². The van der Waals surface area contributed by atoms with E-state index in [9.17, 15) is 9.59 Å². The highest BCUT2D eigenvalue weighted by molar-refractivity contribution is 5.78. The molecule has 0 aliphatic carbocycles. The zero-order valence-corrected chi connectivity index (χ0v) is 14.0. The molecule has 0 aromatic carbocycles. The second-order valence-corrected chi connectivity index (χ2v) is 5.92. The minimum Gasteiger partial charge on any atom is -0.343 e. The van der Waals surface area contributed by atoms with E-state index in [1.54, 1.807) is 17.1 Å². The second-order valence-electron chi connectivity index (χ2n) is 5.92. The fraction of sp³-hybridized carbons (Fsp3) is 0.412. The number of carbonyl (C=O) groups is 2. The van der Waals surface area contributed by atoms with Crippen molar-refractivity contribution in [1.82, 2.24) is 30.3 Å². The lowest BCUT2D eigenvalue weighted by Gasteiger charge is -2.15. The molecule has 8 nitrogen and oxygen atoms in total. The van der Waals surface area contributed by atoms with Crippen molar-refractivity contribution < 1.29 is 9.59 Å². The van der Waals surface area contributed by atoms with E-state index < -0.39 is 0 Å². The summed E-state index contributed by atoms with van der Waals surface area (Å²) in [6.45, 7) is 2.40. The van der Waals surface area contributed by atoms with E-state index in [4.69, 9.17) is 0 Å². The number of urea groups is 1.